The lowest BCUT2D eigenvalue weighted by Crippen LogP contribution is -2.39. The molecule has 1 atom stereocenters. The highest BCUT2D eigenvalue weighted by Gasteiger charge is 2.18. The smallest absolute Gasteiger partial charge is 0.330 e. The van der Waals surface area contributed by atoms with Crippen LogP contribution in [0.3, 0.4) is 0 Å². The van der Waals surface area contributed by atoms with E-state index in [1.54, 1.807) is 0 Å². The van der Waals surface area contributed by atoms with E-state index in [0.717, 1.165) is 0 Å². The van der Waals surface area contributed by atoms with Crippen molar-refractivity contribution in [2.24, 2.45) is 0 Å². The number of carbonyl (C=O) groups is 3. The summed E-state index contributed by atoms with van der Waals surface area (Å²) in [6.45, 7) is 1.29. The van der Waals surface area contributed by atoms with Crippen molar-refractivity contribution in [3.63, 3.8) is 0 Å². The van der Waals surface area contributed by atoms with Crippen molar-refractivity contribution in [1.82, 2.24) is 5.32 Å². The molecule has 90 valence electrons. The molecule has 0 radical (unpaired) electrons. The Morgan fingerprint density at radius 1 is 1.25 bits per heavy atom. The van der Waals surface area contributed by atoms with Crippen molar-refractivity contribution in [2.75, 3.05) is 14.2 Å². The summed E-state index contributed by atoms with van der Waals surface area (Å²) in [4.78, 5) is 32.7. The van der Waals surface area contributed by atoms with Crippen molar-refractivity contribution in [3.05, 3.63) is 12.2 Å². The Hall–Kier alpha value is -1.85. The number of carbonyl (C=O) groups excluding carboxylic acids is 3. The van der Waals surface area contributed by atoms with Crippen molar-refractivity contribution < 1.29 is 23.9 Å². The molecule has 0 aromatic heterocycles. The summed E-state index contributed by atoms with van der Waals surface area (Å²) in [5.41, 5.74) is 0. The van der Waals surface area contributed by atoms with Gasteiger partial charge in [0.2, 0.25) is 5.91 Å². The van der Waals surface area contributed by atoms with Crippen LogP contribution in [0.1, 0.15) is 13.3 Å². The average molecular weight is 229 g/mol. The minimum atomic E-state index is -0.789. The lowest BCUT2D eigenvalue weighted by molar-refractivity contribution is -0.144. The molecule has 0 bridgehead atoms. The fourth-order valence-corrected chi connectivity index (χ4v) is 0.970. The lowest BCUT2D eigenvalue weighted by atomic mass is 10.2. The lowest BCUT2D eigenvalue weighted by Gasteiger charge is -2.12. The summed E-state index contributed by atoms with van der Waals surface area (Å²) in [6.07, 6.45) is 2.78. The Morgan fingerprint density at radius 2 is 1.88 bits per heavy atom. The van der Waals surface area contributed by atoms with Crippen LogP contribution in [-0.2, 0) is 23.9 Å². The first-order valence-corrected chi connectivity index (χ1v) is 4.60. The Labute approximate surface area is 93.6 Å². The maximum atomic E-state index is 11.2. The number of nitrogens with one attached hydrogen (secondary N) is 1. The normalized spacial score (nSPS) is 11.9. The number of methoxy groups -OCH3 is 2. The van der Waals surface area contributed by atoms with E-state index in [1.807, 2.05) is 0 Å². The SMILES string of the molecule is COC(=O)/C=C/C[C@H](NC(C)=O)C(=O)OC. The van der Waals surface area contributed by atoms with Crippen LogP contribution >= 0.6 is 0 Å². The highest BCUT2D eigenvalue weighted by Crippen LogP contribution is 1.97. The largest absolute Gasteiger partial charge is 0.467 e. The van der Waals surface area contributed by atoms with Gasteiger partial charge in [-0.15, -0.1) is 0 Å². The molecule has 0 rings (SSSR count). The number of esters is 2. The van der Waals surface area contributed by atoms with Gasteiger partial charge in [0.1, 0.15) is 6.04 Å². The first-order valence-electron chi connectivity index (χ1n) is 4.60. The second kappa shape index (κ2) is 7.44. The topological polar surface area (TPSA) is 81.7 Å². The predicted octanol–water partition coefficient (Wildman–Crippen LogP) is -0.217. The van der Waals surface area contributed by atoms with E-state index in [0.29, 0.717) is 0 Å². The van der Waals surface area contributed by atoms with Gasteiger partial charge >= 0.3 is 11.9 Å². The van der Waals surface area contributed by atoms with Crippen LogP contribution in [0.2, 0.25) is 0 Å². The van der Waals surface area contributed by atoms with Gasteiger partial charge in [0, 0.05) is 13.0 Å². The molecule has 6 heteroatoms. The van der Waals surface area contributed by atoms with Crippen LogP contribution < -0.4 is 5.32 Å². The molecule has 0 aliphatic heterocycles. The van der Waals surface area contributed by atoms with Crippen LogP contribution in [0.4, 0.5) is 0 Å². The number of amides is 1. The zero-order valence-electron chi connectivity index (χ0n) is 9.48. The minimum Gasteiger partial charge on any atom is -0.467 e. The molecule has 6 nitrogen and oxygen atoms in total. The minimum absolute atomic E-state index is 0.168. The van der Waals surface area contributed by atoms with Crippen molar-refractivity contribution in [3.8, 4) is 0 Å². The maximum absolute atomic E-state index is 11.2. The van der Waals surface area contributed by atoms with Crippen LogP contribution in [0.25, 0.3) is 0 Å². The Balaban J connectivity index is 4.32. The molecule has 0 aliphatic rings. The highest BCUT2D eigenvalue weighted by molar-refractivity contribution is 5.84. The number of hydrogen-bond donors (Lipinski definition) is 1. The molecular formula is C10H15NO5. The summed E-state index contributed by atoms with van der Waals surface area (Å²) in [5.74, 6) is -1.43. The average Bonchev–Trinajstić information content (AvgIpc) is 2.25. The first kappa shape index (κ1) is 14.2. The number of rotatable bonds is 5. The van der Waals surface area contributed by atoms with E-state index in [9.17, 15) is 14.4 Å². The third kappa shape index (κ3) is 5.79. The van der Waals surface area contributed by atoms with E-state index in [-0.39, 0.29) is 12.3 Å². The van der Waals surface area contributed by atoms with Gasteiger partial charge < -0.3 is 14.8 Å². The van der Waals surface area contributed by atoms with Crippen LogP contribution in [0, 0.1) is 0 Å². The molecule has 0 fully saturated rings. The van der Waals surface area contributed by atoms with Gasteiger partial charge in [-0.2, -0.15) is 0 Å². The molecule has 0 aromatic carbocycles. The van der Waals surface area contributed by atoms with Crippen LogP contribution in [0.15, 0.2) is 12.2 Å². The monoisotopic (exact) mass is 229 g/mol. The molecule has 1 amide bonds. The van der Waals surface area contributed by atoms with Crippen molar-refractivity contribution >= 4 is 17.8 Å². The second-order valence-corrected chi connectivity index (χ2v) is 2.94. The molecule has 0 heterocycles. The Kier molecular flexibility index (Phi) is 6.58. The summed E-state index contributed by atoms with van der Waals surface area (Å²) >= 11 is 0. The fraction of sp³-hybridized carbons (Fsp3) is 0.500. The Bertz CT molecular complexity index is 298. The fourth-order valence-electron chi connectivity index (χ4n) is 0.970. The molecular weight excluding hydrogens is 214 g/mol. The molecule has 0 spiro atoms. The van der Waals surface area contributed by atoms with E-state index >= 15 is 0 Å². The van der Waals surface area contributed by atoms with Crippen molar-refractivity contribution in [1.29, 1.82) is 0 Å². The second-order valence-electron chi connectivity index (χ2n) is 2.94. The van der Waals surface area contributed by atoms with Crippen LogP contribution in [0.5, 0.6) is 0 Å². The summed E-state index contributed by atoms with van der Waals surface area (Å²) in [6, 6.07) is -0.789. The van der Waals surface area contributed by atoms with E-state index in [4.69, 9.17) is 0 Å². The third-order valence-corrected chi connectivity index (χ3v) is 1.69. The predicted molar refractivity (Wildman–Crippen MR) is 55.4 cm³/mol. The van der Waals surface area contributed by atoms with Crippen LogP contribution in [-0.4, -0.2) is 38.1 Å². The van der Waals surface area contributed by atoms with E-state index in [2.05, 4.69) is 14.8 Å². The number of ether oxygens (including phenoxy) is 2. The van der Waals surface area contributed by atoms with Gasteiger partial charge in [-0.3, -0.25) is 4.79 Å². The molecule has 0 unspecified atom stereocenters. The zero-order valence-corrected chi connectivity index (χ0v) is 9.48. The maximum Gasteiger partial charge on any atom is 0.330 e. The van der Waals surface area contributed by atoms with E-state index in [1.165, 1.54) is 33.3 Å². The summed E-state index contributed by atoms with van der Waals surface area (Å²) in [7, 11) is 2.47. The molecule has 1 N–H and O–H groups in total. The van der Waals surface area contributed by atoms with Gasteiger partial charge in [-0.1, -0.05) is 6.08 Å². The van der Waals surface area contributed by atoms with Gasteiger partial charge in [0.15, 0.2) is 0 Å². The highest BCUT2D eigenvalue weighted by atomic mass is 16.5. The van der Waals surface area contributed by atoms with Gasteiger partial charge in [0.25, 0.3) is 0 Å². The van der Waals surface area contributed by atoms with Gasteiger partial charge in [0.05, 0.1) is 14.2 Å². The summed E-state index contributed by atoms with van der Waals surface area (Å²) in [5, 5.41) is 2.41. The molecule has 0 aliphatic carbocycles. The standard InChI is InChI=1S/C10H15NO5/c1-7(12)11-8(10(14)16-3)5-4-6-9(13)15-2/h4,6,8H,5H2,1-3H3,(H,11,12)/b6-4+/t8-/m0/s1. The third-order valence-electron chi connectivity index (χ3n) is 1.69. The first-order chi connectivity index (χ1) is 7.51. The zero-order chi connectivity index (χ0) is 12.6. The van der Waals surface area contributed by atoms with Gasteiger partial charge in [-0.05, 0) is 6.42 Å². The quantitative estimate of drug-likeness (QED) is 0.520. The summed E-state index contributed by atoms with van der Waals surface area (Å²) < 4.78 is 8.86. The molecule has 0 saturated carbocycles. The van der Waals surface area contributed by atoms with Crippen molar-refractivity contribution in [2.45, 2.75) is 19.4 Å². The molecule has 16 heavy (non-hydrogen) atoms. The van der Waals surface area contributed by atoms with Gasteiger partial charge in [-0.25, -0.2) is 9.59 Å². The molecule has 0 saturated heterocycles. The van der Waals surface area contributed by atoms with E-state index < -0.39 is 18.0 Å². The number of hydrogen-bond acceptors (Lipinski definition) is 5. The Morgan fingerprint density at radius 3 is 2.31 bits per heavy atom. The molecule has 0 aromatic rings.